The Bertz CT molecular complexity index is 752. The Morgan fingerprint density at radius 3 is 2.53 bits per heavy atom. The molecule has 4 saturated carbocycles. The molecular formula is C27H44N2O3. The second-order valence-corrected chi connectivity index (χ2v) is 12.9. The van der Waals surface area contributed by atoms with Crippen molar-refractivity contribution in [2.45, 2.75) is 111 Å². The minimum atomic E-state index is -0.979. The number of aliphatic hydroxyl groups is 1. The van der Waals surface area contributed by atoms with Crippen molar-refractivity contribution in [1.82, 2.24) is 0 Å². The zero-order chi connectivity index (χ0) is 23.3. The normalized spacial score (nSPS) is 49.7. The minimum absolute atomic E-state index is 0.0451. The largest absolute Gasteiger partial charge is 0.396 e. The maximum atomic E-state index is 12.2. The number of hydrogen-bond acceptors (Lipinski definition) is 5. The van der Waals surface area contributed by atoms with Crippen molar-refractivity contribution in [2.75, 3.05) is 0 Å². The van der Waals surface area contributed by atoms with Crippen LogP contribution in [0.2, 0.25) is 0 Å². The number of aliphatic hydroxyl groups excluding tert-OH is 1. The summed E-state index contributed by atoms with van der Waals surface area (Å²) in [5.41, 5.74) is 0.579. The van der Waals surface area contributed by atoms with Gasteiger partial charge in [-0.15, -0.1) is 0 Å². The van der Waals surface area contributed by atoms with E-state index in [0.717, 1.165) is 25.2 Å². The summed E-state index contributed by atoms with van der Waals surface area (Å²) in [7, 11) is 0. The molecule has 0 saturated heterocycles. The summed E-state index contributed by atoms with van der Waals surface area (Å²) >= 11 is 0. The molecule has 1 N–H and O–H groups in total. The average Bonchev–Trinajstić information content (AvgIpc) is 3.10. The lowest BCUT2D eigenvalue weighted by Gasteiger charge is -2.66. The van der Waals surface area contributed by atoms with Crippen molar-refractivity contribution in [1.29, 1.82) is 5.26 Å². The molecule has 180 valence electrons. The molecule has 4 rings (SSSR count). The van der Waals surface area contributed by atoms with E-state index >= 15 is 0 Å². The molecular weight excluding hydrogens is 400 g/mol. The van der Waals surface area contributed by atoms with Gasteiger partial charge < -0.3 is 9.84 Å². The molecule has 8 unspecified atom stereocenters. The molecule has 0 spiro atoms. The van der Waals surface area contributed by atoms with Crippen LogP contribution in [-0.2, 0) is 4.74 Å². The highest BCUT2D eigenvalue weighted by atomic mass is 16.6. The van der Waals surface area contributed by atoms with Gasteiger partial charge in [0.05, 0.1) is 6.04 Å². The molecule has 11 atom stereocenters. The second-order valence-electron chi connectivity index (χ2n) is 12.9. The van der Waals surface area contributed by atoms with Crippen LogP contribution in [0.3, 0.4) is 0 Å². The van der Waals surface area contributed by atoms with Crippen LogP contribution in [0.5, 0.6) is 0 Å². The van der Waals surface area contributed by atoms with Gasteiger partial charge >= 0.3 is 0 Å². The van der Waals surface area contributed by atoms with E-state index in [1.54, 1.807) is 6.26 Å². The first-order chi connectivity index (χ1) is 15.1. The summed E-state index contributed by atoms with van der Waals surface area (Å²) in [6.07, 6.45) is 11.8. The first kappa shape index (κ1) is 24.0. The van der Waals surface area contributed by atoms with Crippen LogP contribution in [0.4, 0.5) is 0 Å². The zero-order valence-electron chi connectivity index (χ0n) is 20.8. The molecule has 0 amide bonds. The van der Waals surface area contributed by atoms with Gasteiger partial charge in [0.25, 0.3) is 6.26 Å². The molecule has 4 fully saturated rings. The van der Waals surface area contributed by atoms with Gasteiger partial charge in [-0.3, -0.25) is 0 Å². The van der Waals surface area contributed by atoms with E-state index in [4.69, 9.17) is 5.26 Å². The summed E-state index contributed by atoms with van der Waals surface area (Å²) < 4.78 is 4.68. The molecule has 0 aromatic rings. The third kappa shape index (κ3) is 3.51. The SMILES string of the molecule is CC1CCC2(C)C3CC[C@@]4(C)C(CC[C@@H]4C(C)CCC(O)OC#N)C3CC(N=O)[C@@]2(C)C1. The molecule has 0 aromatic heterocycles. The van der Waals surface area contributed by atoms with E-state index in [1.807, 2.05) is 0 Å². The first-order valence-corrected chi connectivity index (χ1v) is 13.2. The Balaban J connectivity index is 1.55. The van der Waals surface area contributed by atoms with Crippen LogP contribution in [-0.4, -0.2) is 17.4 Å². The van der Waals surface area contributed by atoms with Gasteiger partial charge in [-0.05, 0) is 103 Å². The molecule has 5 heteroatoms. The molecule has 0 heterocycles. The topological polar surface area (TPSA) is 82.7 Å². The smallest absolute Gasteiger partial charge is 0.289 e. The van der Waals surface area contributed by atoms with E-state index in [0.29, 0.717) is 41.4 Å². The highest BCUT2D eigenvalue weighted by molar-refractivity contribution is 5.16. The number of nitroso groups, excluding NO2 is 1. The summed E-state index contributed by atoms with van der Waals surface area (Å²) in [4.78, 5) is 12.2. The van der Waals surface area contributed by atoms with Crippen molar-refractivity contribution in [2.24, 2.45) is 56.9 Å². The summed E-state index contributed by atoms with van der Waals surface area (Å²) in [6.45, 7) is 12.1. The second kappa shape index (κ2) is 8.57. The molecule has 32 heavy (non-hydrogen) atoms. The van der Waals surface area contributed by atoms with Crippen molar-refractivity contribution < 1.29 is 9.84 Å². The van der Waals surface area contributed by atoms with Crippen LogP contribution >= 0.6 is 0 Å². The summed E-state index contributed by atoms with van der Waals surface area (Å²) in [5, 5.41) is 22.3. The lowest BCUT2D eigenvalue weighted by molar-refractivity contribution is -0.170. The van der Waals surface area contributed by atoms with Crippen molar-refractivity contribution in [3.63, 3.8) is 0 Å². The predicted molar refractivity (Wildman–Crippen MR) is 125 cm³/mol. The first-order valence-electron chi connectivity index (χ1n) is 13.2. The van der Waals surface area contributed by atoms with Crippen LogP contribution in [0.25, 0.3) is 0 Å². The number of hydrogen-bond donors (Lipinski definition) is 1. The Labute approximate surface area is 194 Å². The number of rotatable bonds is 6. The molecule has 5 nitrogen and oxygen atoms in total. The Morgan fingerprint density at radius 2 is 1.84 bits per heavy atom. The van der Waals surface area contributed by atoms with Crippen molar-refractivity contribution in [3.8, 4) is 6.26 Å². The average molecular weight is 445 g/mol. The molecule has 0 radical (unpaired) electrons. The fourth-order valence-electron chi connectivity index (χ4n) is 9.80. The number of fused-ring (bicyclic) bond motifs is 5. The number of nitriles is 1. The van der Waals surface area contributed by atoms with Crippen LogP contribution in [0, 0.1) is 68.2 Å². The lowest BCUT2D eigenvalue weighted by Crippen LogP contribution is -2.62. The maximum Gasteiger partial charge on any atom is 0.289 e. The van der Waals surface area contributed by atoms with Crippen molar-refractivity contribution >= 4 is 0 Å². The highest BCUT2D eigenvalue weighted by Crippen LogP contribution is 2.72. The standard InChI is InChI=1S/C27H44N2O3/c1-17-10-13-26(4)22-11-12-25(3)20(18(2)6-9-24(30)32-16-28)7-8-21(25)19(22)14-23(29-31)27(26,5)15-17/h17-24,30H,6-15H2,1-5H3/t17?,18?,19?,20-,21?,22?,23?,24?,25-,26?,27-/m1/s1. The summed E-state index contributed by atoms with van der Waals surface area (Å²) in [6, 6.07) is -0.0476. The molecule has 4 aliphatic rings. The van der Waals surface area contributed by atoms with E-state index in [-0.39, 0.29) is 16.9 Å². The summed E-state index contributed by atoms with van der Waals surface area (Å²) in [5.74, 6) is 3.85. The van der Waals surface area contributed by atoms with Crippen LogP contribution < -0.4 is 0 Å². The van der Waals surface area contributed by atoms with Gasteiger partial charge in [0.1, 0.15) is 0 Å². The van der Waals surface area contributed by atoms with Gasteiger partial charge in [-0.1, -0.05) is 46.2 Å². The van der Waals surface area contributed by atoms with E-state index < -0.39 is 6.29 Å². The maximum absolute atomic E-state index is 12.2. The molecule has 4 aliphatic carbocycles. The van der Waals surface area contributed by atoms with Gasteiger partial charge in [-0.2, -0.15) is 10.2 Å². The Kier molecular flexibility index (Phi) is 6.42. The Morgan fingerprint density at radius 1 is 1.09 bits per heavy atom. The monoisotopic (exact) mass is 444 g/mol. The number of ether oxygens (including phenoxy) is 1. The predicted octanol–water partition coefficient (Wildman–Crippen LogP) is 6.65. The van der Waals surface area contributed by atoms with E-state index in [1.165, 1.54) is 38.5 Å². The fourth-order valence-corrected chi connectivity index (χ4v) is 9.80. The molecule has 0 aliphatic heterocycles. The quantitative estimate of drug-likeness (QED) is 0.282. The zero-order valence-corrected chi connectivity index (χ0v) is 20.8. The number of nitrogens with zero attached hydrogens (tertiary/aromatic N) is 2. The Hall–Kier alpha value is -1.15. The van der Waals surface area contributed by atoms with Gasteiger partial charge in [0, 0.05) is 6.42 Å². The van der Waals surface area contributed by atoms with Gasteiger partial charge in [0.15, 0.2) is 0 Å². The third-order valence-corrected chi connectivity index (χ3v) is 11.7. The van der Waals surface area contributed by atoms with Gasteiger partial charge in [-0.25, -0.2) is 0 Å². The van der Waals surface area contributed by atoms with Gasteiger partial charge in [0.2, 0.25) is 6.29 Å². The van der Waals surface area contributed by atoms with Crippen molar-refractivity contribution in [3.05, 3.63) is 4.91 Å². The lowest BCUT2D eigenvalue weighted by atomic mass is 9.38. The van der Waals surface area contributed by atoms with Crippen LogP contribution in [0.15, 0.2) is 5.18 Å². The molecule has 0 bridgehead atoms. The third-order valence-electron chi connectivity index (χ3n) is 11.7. The van der Waals surface area contributed by atoms with E-state index in [9.17, 15) is 10.0 Å². The minimum Gasteiger partial charge on any atom is -0.396 e. The molecule has 0 aromatic carbocycles. The fraction of sp³-hybridized carbons (Fsp3) is 0.963. The van der Waals surface area contributed by atoms with E-state index in [2.05, 4.69) is 44.5 Å². The van der Waals surface area contributed by atoms with Crippen LogP contribution in [0.1, 0.15) is 98.8 Å². The highest BCUT2D eigenvalue weighted by Gasteiger charge is 2.66.